The van der Waals surface area contributed by atoms with Gasteiger partial charge in [-0.3, -0.25) is 0 Å². The lowest BCUT2D eigenvalue weighted by Crippen LogP contribution is -2.35. The smallest absolute Gasteiger partial charge is 0.346 e. The molecule has 0 saturated carbocycles. The summed E-state index contributed by atoms with van der Waals surface area (Å²) < 4.78 is 13.7. The van der Waals surface area contributed by atoms with Crippen molar-refractivity contribution in [2.45, 2.75) is 19.4 Å². The molecular formula is C8H14O5. The van der Waals surface area contributed by atoms with Gasteiger partial charge in [-0.15, -0.1) is 0 Å². The third-order valence-corrected chi connectivity index (χ3v) is 1.32. The van der Waals surface area contributed by atoms with Crippen LogP contribution in [0.2, 0.25) is 0 Å². The Bertz CT molecular complexity index is 161. The van der Waals surface area contributed by atoms with Crippen LogP contribution in [0.4, 0.5) is 0 Å². The lowest BCUT2D eigenvalue weighted by molar-refractivity contribution is -0.170. The molecule has 76 valence electrons. The van der Waals surface area contributed by atoms with Crippen LogP contribution in [0.3, 0.4) is 0 Å². The van der Waals surface area contributed by atoms with Crippen LogP contribution in [0.1, 0.15) is 13.3 Å². The highest BCUT2D eigenvalue weighted by molar-refractivity contribution is 5.97. The van der Waals surface area contributed by atoms with Crippen molar-refractivity contribution < 1.29 is 23.8 Å². The van der Waals surface area contributed by atoms with Crippen molar-refractivity contribution >= 4 is 11.9 Å². The van der Waals surface area contributed by atoms with Crippen LogP contribution in [-0.2, 0) is 23.8 Å². The Morgan fingerprint density at radius 3 is 1.92 bits per heavy atom. The van der Waals surface area contributed by atoms with Gasteiger partial charge >= 0.3 is 11.9 Å². The van der Waals surface area contributed by atoms with Crippen LogP contribution < -0.4 is 0 Å². The number of rotatable bonds is 5. The number of hydrogen-bond acceptors (Lipinski definition) is 5. The third kappa shape index (κ3) is 3.89. The zero-order valence-corrected chi connectivity index (χ0v) is 8.03. The SMILES string of the molecule is CCCOC(C(=O)OC)C(=O)OC. The van der Waals surface area contributed by atoms with Crippen LogP contribution in [0.25, 0.3) is 0 Å². The molecule has 0 N–H and O–H groups in total. The van der Waals surface area contributed by atoms with Gasteiger partial charge < -0.3 is 14.2 Å². The molecule has 0 fully saturated rings. The summed E-state index contributed by atoms with van der Waals surface area (Å²) in [4.78, 5) is 21.9. The second-order valence-corrected chi connectivity index (χ2v) is 2.30. The van der Waals surface area contributed by atoms with Crippen molar-refractivity contribution in [1.82, 2.24) is 0 Å². The largest absolute Gasteiger partial charge is 0.467 e. The van der Waals surface area contributed by atoms with Crippen molar-refractivity contribution in [3.63, 3.8) is 0 Å². The van der Waals surface area contributed by atoms with Crippen LogP contribution in [-0.4, -0.2) is 38.9 Å². The second kappa shape index (κ2) is 6.42. The second-order valence-electron chi connectivity index (χ2n) is 2.30. The maximum absolute atomic E-state index is 11.0. The highest BCUT2D eigenvalue weighted by Gasteiger charge is 2.29. The number of ether oxygens (including phenoxy) is 3. The molecule has 0 bridgehead atoms. The number of esters is 2. The molecule has 0 amide bonds. The molecule has 0 saturated heterocycles. The molecule has 0 aromatic carbocycles. The number of carbonyl (C=O) groups is 2. The number of hydrogen-bond donors (Lipinski definition) is 0. The Hall–Kier alpha value is -1.10. The van der Waals surface area contributed by atoms with Gasteiger partial charge in [-0.2, -0.15) is 0 Å². The van der Waals surface area contributed by atoms with E-state index in [2.05, 4.69) is 9.47 Å². The summed E-state index contributed by atoms with van der Waals surface area (Å²) in [6.45, 7) is 2.18. The maximum Gasteiger partial charge on any atom is 0.346 e. The van der Waals surface area contributed by atoms with E-state index >= 15 is 0 Å². The van der Waals surface area contributed by atoms with Crippen molar-refractivity contribution in [2.24, 2.45) is 0 Å². The van der Waals surface area contributed by atoms with E-state index in [-0.39, 0.29) is 0 Å². The molecule has 5 nitrogen and oxygen atoms in total. The molecule has 5 heteroatoms. The Balaban J connectivity index is 4.18. The van der Waals surface area contributed by atoms with Crippen LogP contribution in [0, 0.1) is 0 Å². The monoisotopic (exact) mass is 190 g/mol. The van der Waals surface area contributed by atoms with E-state index in [0.717, 1.165) is 0 Å². The first-order chi connectivity index (χ1) is 6.17. The van der Waals surface area contributed by atoms with E-state index in [0.29, 0.717) is 13.0 Å². The number of carbonyl (C=O) groups excluding carboxylic acids is 2. The summed E-state index contributed by atoms with van der Waals surface area (Å²) in [5.74, 6) is -1.47. The molecule has 0 radical (unpaired) electrons. The molecule has 0 atom stereocenters. The molecule has 0 aliphatic rings. The Kier molecular flexibility index (Phi) is 5.88. The fourth-order valence-electron chi connectivity index (χ4n) is 0.682. The molecule has 0 aromatic heterocycles. The lowest BCUT2D eigenvalue weighted by Gasteiger charge is -2.12. The molecular weight excluding hydrogens is 176 g/mol. The zero-order chi connectivity index (χ0) is 10.3. The van der Waals surface area contributed by atoms with Gasteiger partial charge in [-0.05, 0) is 6.42 Å². The van der Waals surface area contributed by atoms with Crippen LogP contribution >= 0.6 is 0 Å². The first-order valence-corrected chi connectivity index (χ1v) is 3.94. The minimum absolute atomic E-state index is 0.314. The summed E-state index contributed by atoms with van der Waals surface area (Å²) in [6, 6.07) is 0. The average Bonchev–Trinajstić information content (AvgIpc) is 2.17. The first kappa shape index (κ1) is 11.9. The fraction of sp³-hybridized carbons (Fsp3) is 0.750. The number of methoxy groups -OCH3 is 2. The molecule has 0 aliphatic heterocycles. The molecule has 0 aromatic rings. The van der Waals surface area contributed by atoms with Gasteiger partial charge in [0, 0.05) is 6.61 Å². The zero-order valence-electron chi connectivity index (χ0n) is 8.03. The molecule has 0 aliphatic carbocycles. The van der Waals surface area contributed by atoms with E-state index in [9.17, 15) is 9.59 Å². The Morgan fingerprint density at radius 2 is 1.62 bits per heavy atom. The minimum atomic E-state index is -1.25. The highest BCUT2D eigenvalue weighted by Crippen LogP contribution is 1.99. The van der Waals surface area contributed by atoms with Crippen molar-refractivity contribution in [3.05, 3.63) is 0 Å². The van der Waals surface area contributed by atoms with E-state index < -0.39 is 18.0 Å². The minimum Gasteiger partial charge on any atom is -0.467 e. The van der Waals surface area contributed by atoms with Gasteiger partial charge in [0.15, 0.2) is 0 Å². The fourth-order valence-corrected chi connectivity index (χ4v) is 0.682. The van der Waals surface area contributed by atoms with Crippen LogP contribution in [0.5, 0.6) is 0 Å². The third-order valence-electron chi connectivity index (χ3n) is 1.32. The van der Waals surface area contributed by atoms with Crippen molar-refractivity contribution in [2.75, 3.05) is 20.8 Å². The summed E-state index contributed by atoms with van der Waals surface area (Å²) >= 11 is 0. The molecule has 0 heterocycles. The van der Waals surface area contributed by atoms with E-state index in [4.69, 9.17) is 4.74 Å². The van der Waals surface area contributed by atoms with Gasteiger partial charge in [0.2, 0.25) is 0 Å². The predicted octanol–water partition coefficient (Wildman–Crippen LogP) is 0.128. The van der Waals surface area contributed by atoms with Gasteiger partial charge in [0.1, 0.15) is 0 Å². The van der Waals surface area contributed by atoms with E-state index in [1.165, 1.54) is 14.2 Å². The van der Waals surface area contributed by atoms with Crippen molar-refractivity contribution in [3.8, 4) is 0 Å². The standard InChI is InChI=1S/C8H14O5/c1-4-5-13-6(7(9)11-2)8(10)12-3/h6H,4-5H2,1-3H3. The topological polar surface area (TPSA) is 61.8 Å². The van der Waals surface area contributed by atoms with Gasteiger partial charge in [0.05, 0.1) is 14.2 Å². The lowest BCUT2D eigenvalue weighted by atomic mass is 10.3. The first-order valence-electron chi connectivity index (χ1n) is 3.94. The normalized spacial score (nSPS) is 9.85. The summed E-state index contributed by atoms with van der Waals surface area (Å²) in [5.41, 5.74) is 0. The van der Waals surface area contributed by atoms with Gasteiger partial charge in [0.25, 0.3) is 6.10 Å². The molecule has 0 unspecified atom stereocenters. The molecule has 0 rings (SSSR count). The average molecular weight is 190 g/mol. The predicted molar refractivity (Wildman–Crippen MR) is 44.1 cm³/mol. The Labute approximate surface area is 77.0 Å². The summed E-state index contributed by atoms with van der Waals surface area (Å²) in [5, 5.41) is 0. The highest BCUT2D eigenvalue weighted by atomic mass is 16.6. The van der Waals surface area contributed by atoms with Crippen LogP contribution in [0.15, 0.2) is 0 Å². The van der Waals surface area contributed by atoms with Gasteiger partial charge in [-0.1, -0.05) is 6.92 Å². The van der Waals surface area contributed by atoms with E-state index in [1.54, 1.807) is 0 Å². The van der Waals surface area contributed by atoms with E-state index in [1.807, 2.05) is 6.92 Å². The summed E-state index contributed by atoms with van der Waals surface area (Å²) in [7, 11) is 2.38. The van der Waals surface area contributed by atoms with Crippen molar-refractivity contribution in [1.29, 1.82) is 0 Å². The Morgan fingerprint density at radius 1 is 1.15 bits per heavy atom. The van der Waals surface area contributed by atoms with Gasteiger partial charge in [-0.25, -0.2) is 9.59 Å². The molecule has 13 heavy (non-hydrogen) atoms. The maximum atomic E-state index is 11.0. The quantitative estimate of drug-likeness (QED) is 0.455. The molecule has 0 spiro atoms. The summed E-state index contributed by atoms with van der Waals surface area (Å²) in [6.07, 6.45) is -0.542.